The molecule has 0 aliphatic carbocycles. The number of hydrogen-bond acceptors (Lipinski definition) is 4. The second-order valence-electron chi connectivity index (χ2n) is 4.72. The van der Waals surface area contributed by atoms with E-state index in [0.717, 1.165) is 11.4 Å². The van der Waals surface area contributed by atoms with Gasteiger partial charge in [-0.15, -0.1) is 0 Å². The lowest BCUT2D eigenvalue weighted by Crippen LogP contribution is -2.09. The maximum atomic E-state index is 6.02. The van der Waals surface area contributed by atoms with Gasteiger partial charge in [-0.1, -0.05) is 17.7 Å². The Balaban J connectivity index is 2.24. The molecule has 3 rings (SSSR count). The van der Waals surface area contributed by atoms with Crippen LogP contribution in [-0.4, -0.2) is 28.6 Å². The number of anilines is 2. The maximum Gasteiger partial charge on any atom is 0.207 e. The molecule has 0 fully saturated rings. The van der Waals surface area contributed by atoms with Gasteiger partial charge in [0.05, 0.1) is 10.7 Å². The standard InChI is InChI=1S/C14H14ClN5/c1-19(2)10-4-3-5-11(7-10)20-13-12(18-14(20)16)6-9(15)8-17-13/h3-8H,1-2H3,(H2,16,18). The fraction of sp³-hybridized carbons (Fsp3) is 0.143. The first-order valence-corrected chi connectivity index (χ1v) is 6.51. The summed E-state index contributed by atoms with van der Waals surface area (Å²) in [5.74, 6) is 0.394. The summed E-state index contributed by atoms with van der Waals surface area (Å²) < 4.78 is 1.82. The van der Waals surface area contributed by atoms with Gasteiger partial charge in [-0.05, 0) is 24.3 Å². The molecule has 3 aromatic rings. The third-order valence-electron chi connectivity index (χ3n) is 3.09. The van der Waals surface area contributed by atoms with Crippen LogP contribution in [0.3, 0.4) is 0 Å². The molecule has 0 radical (unpaired) electrons. The third kappa shape index (κ3) is 2.06. The molecule has 0 unspecified atom stereocenters. The highest BCUT2D eigenvalue weighted by Crippen LogP contribution is 2.25. The first kappa shape index (κ1) is 12.7. The predicted octanol–water partition coefficient (Wildman–Crippen LogP) is 2.72. The van der Waals surface area contributed by atoms with Crippen LogP contribution < -0.4 is 10.6 Å². The zero-order valence-electron chi connectivity index (χ0n) is 11.2. The number of nitrogens with two attached hydrogens (primary N) is 1. The second kappa shape index (κ2) is 4.68. The van der Waals surface area contributed by atoms with E-state index < -0.39 is 0 Å². The highest BCUT2D eigenvalue weighted by atomic mass is 35.5. The minimum atomic E-state index is 0.394. The fourth-order valence-corrected chi connectivity index (χ4v) is 2.27. The minimum Gasteiger partial charge on any atom is -0.378 e. The number of imidazole rings is 1. The lowest BCUT2D eigenvalue weighted by Gasteiger charge is -2.14. The highest BCUT2D eigenvalue weighted by molar-refractivity contribution is 6.31. The van der Waals surface area contributed by atoms with Crippen LogP contribution in [0.1, 0.15) is 0 Å². The van der Waals surface area contributed by atoms with Crippen molar-refractivity contribution in [3.8, 4) is 5.69 Å². The van der Waals surface area contributed by atoms with Crippen LogP contribution in [0.5, 0.6) is 0 Å². The largest absolute Gasteiger partial charge is 0.378 e. The average Bonchev–Trinajstić information content (AvgIpc) is 2.73. The summed E-state index contributed by atoms with van der Waals surface area (Å²) in [6, 6.07) is 9.77. The molecule has 2 aromatic heterocycles. The molecule has 0 aliphatic rings. The molecule has 0 aliphatic heterocycles. The number of hydrogen-bond donors (Lipinski definition) is 1. The Morgan fingerprint density at radius 3 is 2.80 bits per heavy atom. The van der Waals surface area contributed by atoms with E-state index >= 15 is 0 Å². The second-order valence-corrected chi connectivity index (χ2v) is 5.15. The van der Waals surface area contributed by atoms with Crippen molar-refractivity contribution in [1.29, 1.82) is 0 Å². The Kier molecular flexibility index (Phi) is 2.99. The van der Waals surface area contributed by atoms with Crippen molar-refractivity contribution >= 4 is 34.4 Å². The topological polar surface area (TPSA) is 60.0 Å². The molecule has 0 saturated carbocycles. The molecule has 0 bridgehead atoms. The van der Waals surface area contributed by atoms with E-state index in [1.807, 2.05) is 47.8 Å². The number of benzene rings is 1. The summed E-state index contributed by atoms with van der Waals surface area (Å²) in [5.41, 5.74) is 9.40. The van der Waals surface area contributed by atoms with Crippen molar-refractivity contribution in [2.75, 3.05) is 24.7 Å². The number of rotatable bonds is 2. The van der Waals surface area contributed by atoms with E-state index in [1.54, 1.807) is 12.3 Å². The number of pyridine rings is 1. The minimum absolute atomic E-state index is 0.394. The van der Waals surface area contributed by atoms with E-state index in [0.29, 0.717) is 22.1 Å². The Labute approximate surface area is 121 Å². The van der Waals surface area contributed by atoms with Gasteiger partial charge >= 0.3 is 0 Å². The number of fused-ring (bicyclic) bond motifs is 1. The zero-order chi connectivity index (χ0) is 14.3. The van der Waals surface area contributed by atoms with Crippen molar-refractivity contribution < 1.29 is 0 Å². The van der Waals surface area contributed by atoms with Crippen LogP contribution in [0, 0.1) is 0 Å². The van der Waals surface area contributed by atoms with Gasteiger partial charge in [0, 0.05) is 26.0 Å². The molecule has 0 atom stereocenters. The lowest BCUT2D eigenvalue weighted by atomic mass is 10.2. The van der Waals surface area contributed by atoms with Gasteiger partial charge in [0.1, 0.15) is 5.52 Å². The average molecular weight is 288 g/mol. The molecule has 2 N–H and O–H groups in total. The molecule has 0 amide bonds. The summed E-state index contributed by atoms with van der Waals surface area (Å²) in [4.78, 5) is 10.7. The number of nitrogen functional groups attached to an aromatic ring is 1. The van der Waals surface area contributed by atoms with E-state index in [-0.39, 0.29) is 0 Å². The molecule has 6 heteroatoms. The smallest absolute Gasteiger partial charge is 0.207 e. The molecular formula is C14H14ClN5. The Morgan fingerprint density at radius 1 is 1.25 bits per heavy atom. The van der Waals surface area contributed by atoms with Crippen LogP contribution in [0.4, 0.5) is 11.6 Å². The Bertz CT molecular complexity index is 778. The van der Waals surface area contributed by atoms with Gasteiger partial charge < -0.3 is 10.6 Å². The molecule has 0 saturated heterocycles. The van der Waals surface area contributed by atoms with E-state index in [4.69, 9.17) is 17.3 Å². The first-order chi connectivity index (χ1) is 9.56. The summed E-state index contributed by atoms with van der Waals surface area (Å²) >= 11 is 5.93. The van der Waals surface area contributed by atoms with Crippen molar-refractivity contribution in [2.24, 2.45) is 0 Å². The summed E-state index contributed by atoms with van der Waals surface area (Å²) in [6.45, 7) is 0. The summed E-state index contributed by atoms with van der Waals surface area (Å²) in [5, 5.41) is 0.546. The normalized spacial score (nSPS) is 10.9. The molecular weight excluding hydrogens is 274 g/mol. The van der Waals surface area contributed by atoms with E-state index in [9.17, 15) is 0 Å². The Hall–Kier alpha value is -2.27. The molecule has 2 heterocycles. The van der Waals surface area contributed by atoms with Crippen LogP contribution in [0.15, 0.2) is 36.5 Å². The predicted molar refractivity (Wildman–Crippen MR) is 82.6 cm³/mol. The maximum absolute atomic E-state index is 6.02. The van der Waals surface area contributed by atoms with Gasteiger partial charge in [0.25, 0.3) is 0 Å². The summed E-state index contributed by atoms with van der Waals surface area (Å²) in [6.07, 6.45) is 1.59. The SMILES string of the molecule is CN(C)c1cccc(-n2c(N)nc3cc(Cl)cnc32)c1. The molecule has 1 aromatic carbocycles. The number of halogens is 1. The van der Waals surface area contributed by atoms with Crippen LogP contribution in [-0.2, 0) is 0 Å². The lowest BCUT2D eigenvalue weighted by molar-refractivity contribution is 1.07. The quantitative estimate of drug-likeness (QED) is 0.787. The number of nitrogens with zero attached hydrogens (tertiary/aromatic N) is 4. The zero-order valence-corrected chi connectivity index (χ0v) is 12.0. The van der Waals surface area contributed by atoms with Gasteiger partial charge in [-0.25, -0.2) is 9.97 Å². The van der Waals surface area contributed by atoms with Crippen molar-refractivity contribution in [2.45, 2.75) is 0 Å². The molecule has 102 valence electrons. The van der Waals surface area contributed by atoms with Crippen molar-refractivity contribution in [1.82, 2.24) is 14.5 Å². The van der Waals surface area contributed by atoms with E-state index in [2.05, 4.69) is 9.97 Å². The highest BCUT2D eigenvalue weighted by Gasteiger charge is 2.12. The van der Waals surface area contributed by atoms with Gasteiger partial charge in [0.15, 0.2) is 5.65 Å². The monoisotopic (exact) mass is 287 g/mol. The third-order valence-corrected chi connectivity index (χ3v) is 3.30. The van der Waals surface area contributed by atoms with Crippen LogP contribution >= 0.6 is 11.6 Å². The van der Waals surface area contributed by atoms with Crippen molar-refractivity contribution in [3.63, 3.8) is 0 Å². The summed E-state index contributed by atoms with van der Waals surface area (Å²) in [7, 11) is 3.99. The molecule has 5 nitrogen and oxygen atoms in total. The number of aromatic nitrogens is 3. The van der Waals surface area contributed by atoms with E-state index in [1.165, 1.54) is 0 Å². The molecule has 0 spiro atoms. The van der Waals surface area contributed by atoms with Gasteiger partial charge in [-0.2, -0.15) is 0 Å². The Morgan fingerprint density at radius 2 is 2.05 bits per heavy atom. The first-order valence-electron chi connectivity index (χ1n) is 6.13. The van der Waals surface area contributed by atoms with Crippen LogP contribution in [0.2, 0.25) is 5.02 Å². The van der Waals surface area contributed by atoms with Gasteiger partial charge in [-0.3, -0.25) is 4.57 Å². The van der Waals surface area contributed by atoms with Gasteiger partial charge in [0.2, 0.25) is 5.95 Å². The van der Waals surface area contributed by atoms with Crippen molar-refractivity contribution in [3.05, 3.63) is 41.6 Å². The molecule has 20 heavy (non-hydrogen) atoms. The van der Waals surface area contributed by atoms with Crippen LogP contribution in [0.25, 0.3) is 16.9 Å². The fourth-order valence-electron chi connectivity index (χ4n) is 2.12.